The Morgan fingerprint density at radius 3 is 2.00 bits per heavy atom. The highest BCUT2D eigenvalue weighted by Crippen LogP contribution is 3.02. The molecule has 0 aliphatic rings. The van der Waals surface area contributed by atoms with Crippen LogP contribution in [-0.4, -0.2) is 5.11 Å². The Morgan fingerprint density at radius 2 is 1.60 bits per heavy atom. The second-order valence-corrected chi connectivity index (χ2v) is 6.25. The molecule has 88 valence electrons. The second kappa shape index (κ2) is 2.86. The van der Waals surface area contributed by atoms with Crippen molar-refractivity contribution < 1.29 is 24.5 Å². The van der Waals surface area contributed by atoms with Crippen molar-refractivity contribution in [3.05, 3.63) is 28.2 Å². The van der Waals surface area contributed by atoms with Gasteiger partial charge < -0.3 is 5.11 Å². The van der Waals surface area contributed by atoms with Gasteiger partial charge in [0, 0.05) is 4.47 Å². The predicted octanol–water partition coefficient (Wildman–Crippen LogP) is 4.60. The standard InChI is InChI=1S/C7H6BrF5OS/c8-6-1-5(4-14)2-7(3-6)15(9,10,11,12)13/h1-3,14H,4H2. The summed E-state index contributed by atoms with van der Waals surface area (Å²) >= 11 is 2.67. The molecule has 0 saturated heterocycles. The van der Waals surface area contributed by atoms with Crippen molar-refractivity contribution in [2.75, 3.05) is 0 Å². The summed E-state index contributed by atoms with van der Waals surface area (Å²) < 4.78 is 61.6. The van der Waals surface area contributed by atoms with Crippen molar-refractivity contribution in [1.29, 1.82) is 0 Å². The van der Waals surface area contributed by atoms with E-state index in [9.17, 15) is 19.4 Å². The molecule has 0 saturated carbocycles. The van der Waals surface area contributed by atoms with Gasteiger partial charge in [0.15, 0.2) is 0 Å². The van der Waals surface area contributed by atoms with Gasteiger partial charge in [0.2, 0.25) is 0 Å². The van der Waals surface area contributed by atoms with E-state index in [1.165, 1.54) is 0 Å². The number of benzene rings is 1. The average Bonchev–Trinajstić information content (AvgIpc) is 1.99. The lowest BCUT2D eigenvalue weighted by Crippen LogP contribution is -2.06. The van der Waals surface area contributed by atoms with Crippen molar-refractivity contribution in [1.82, 2.24) is 0 Å². The average molecular weight is 313 g/mol. The summed E-state index contributed by atoms with van der Waals surface area (Å²) in [5.41, 5.74) is -0.229. The zero-order chi connectivity index (χ0) is 12.0. The lowest BCUT2D eigenvalue weighted by Gasteiger charge is -2.40. The number of hydrogen-bond donors (Lipinski definition) is 1. The van der Waals surface area contributed by atoms with Crippen LogP contribution in [0.5, 0.6) is 0 Å². The number of hydrogen-bond acceptors (Lipinski definition) is 1. The SMILES string of the molecule is OCc1cc(Br)cc(S(F)(F)(F)(F)F)c1. The van der Waals surface area contributed by atoms with E-state index in [0.717, 1.165) is 6.07 Å². The molecule has 0 heterocycles. The van der Waals surface area contributed by atoms with E-state index >= 15 is 0 Å². The molecule has 0 fully saturated rings. The third kappa shape index (κ3) is 3.32. The quantitative estimate of drug-likeness (QED) is 0.791. The fourth-order valence-electron chi connectivity index (χ4n) is 0.935. The summed E-state index contributed by atoms with van der Waals surface area (Å²) in [6.45, 7) is -0.736. The van der Waals surface area contributed by atoms with Crippen LogP contribution in [0.1, 0.15) is 5.56 Å². The van der Waals surface area contributed by atoms with Crippen LogP contribution < -0.4 is 0 Å². The van der Waals surface area contributed by atoms with Crippen molar-refractivity contribution in [2.24, 2.45) is 0 Å². The maximum absolute atomic E-state index is 12.3. The Bertz CT molecular complexity index is 401. The van der Waals surface area contributed by atoms with Crippen LogP contribution in [0.25, 0.3) is 0 Å². The van der Waals surface area contributed by atoms with Gasteiger partial charge in [-0.1, -0.05) is 35.4 Å². The first kappa shape index (κ1) is 12.7. The normalized spacial score (nSPS) is 17.0. The molecule has 0 amide bonds. The minimum absolute atomic E-state index is 0.155. The zero-order valence-corrected chi connectivity index (χ0v) is 9.46. The van der Waals surface area contributed by atoms with Crippen molar-refractivity contribution >= 4 is 26.2 Å². The van der Waals surface area contributed by atoms with Crippen LogP contribution in [0, 0.1) is 0 Å². The van der Waals surface area contributed by atoms with Crippen LogP contribution in [0.2, 0.25) is 0 Å². The van der Waals surface area contributed by atoms with Gasteiger partial charge in [0.05, 0.1) is 6.61 Å². The summed E-state index contributed by atoms with van der Waals surface area (Å²) in [4.78, 5) is -2.01. The molecule has 1 N–H and O–H groups in total. The van der Waals surface area contributed by atoms with Gasteiger partial charge >= 0.3 is 10.2 Å². The van der Waals surface area contributed by atoms with Gasteiger partial charge in [-0.25, -0.2) is 0 Å². The van der Waals surface area contributed by atoms with Gasteiger partial charge in [-0.3, -0.25) is 0 Å². The highest BCUT2D eigenvalue weighted by molar-refractivity contribution is 9.10. The van der Waals surface area contributed by atoms with Crippen LogP contribution in [0.4, 0.5) is 19.4 Å². The van der Waals surface area contributed by atoms with Gasteiger partial charge in [-0.05, 0) is 23.8 Å². The smallest absolute Gasteiger partial charge is 0.310 e. The number of rotatable bonds is 2. The Labute approximate surface area is 90.8 Å². The molecule has 0 unspecified atom stereocenters. The van der Waals surface area contributed by atoms with Crippen LogP contribution >= 0.6 is 26.2 Å². The summed E-state index contributed by atoms with van der Waals surface area (Å²) in [6, 6.07) is 1.67. The minimum Gasteiger partial charge on any atom is -0.392 e. The molecule has 0 aliphatic heterocycles. The molecule has 0 aliphatic carbocycles. The van der Waals surface area contributed by atoms with E-state index in [2.05, 4.69) is 15.9 Å². The van der Waals surface area contributed by atoms with E-state index in [0.29, 0.717) is 6.07 Å². The molecule has 8 heteroatoms. The molecule has 0 spiro atoms. The third-order valence-electron chi connectivity index (χ3n) is 1.56. The molecule has 1 aromatic rings. The van der Waals surface area contributed by atoms with E-state index in [1.807, 2.05) is 0 Å². The molecule has 1 aromatic carbocycles. The monoisotopic (exact) mass is 312 g/mol. The first-order chi connectivity index (χ1) is 6.42. The van der Waals surface area contributed by atoms with Crippen molar-refractivity contribution in [3.8, 4) is 0 Å². The van der Waals surface area contributed by atoms with E-state index in [1.54, 1.807) is 0 Å². The highest BCUT2D eigenvalue weighted by atomic mass is 79.9. The lowest BCUT2D eigenvalue weighted by atomic mass is 10.2. The molecule has 0 aromatic heterocycles. The number of halogens is 6. The number of aliphatic hydroxyl groups is 1. The van der Waals surface area contributed by atoms with Crippen LogP contribution in [-0.2, 0) is 6.61 Å². The summed E-state index contributed by atoms with van der Waals surface area (Å²) in [5, 5.41) is 8.60. The lowest BCUT2D eigenvalue weighted by molar-refractivity contribution is 0.281. The largest absolute Gasteiger partial charge is 0.392 e. The molecular formula is C7H6BrF5OS. The first-order valence-corrected chi connectivity index (χ1v) is 6.31. The molecule has 15 heavy (non-hydrogen) atoms. The van der Waals surface area contributed by atoms with Crippen LogP contribution in [0.3, 0.4) is 0 Å². The zero-order valence-electron chi connectivity index (χ0n) is 7.06. The fourth-order valence-corrected chi connectivity index (χ4v) is 2.35. The van der Waals surface area contributed by atoms with Crippen molar-refractivity contribution in [2.45, 2.75) is 11.5 Å². The van der Waals surface area contributed by atoms with Crippen molar-refractivity contribution in [3.63, 3.8) is 0 Å². The minimum atomic E-state index is -9.66. The molecule has 1 nitrogen and oxygen atoms in total. The molecule has 0 radical (unpaired) electrons. The van der Waals surface area contributed by atoms with Gasteiger partial charge in [0.25, 0.3) is 0 Å². The topological polar surface area (TPSA) is 20.2 Å². The summed E-state index contributed by atoms with van der Waals surface area (Å²) in [6.07, 6.45) is 0. The van der Waals surface area contributed by atoms with Crippen LogP contribution in [0.15, 0.2) is 27.6 Å². The van der Waals surface area contributed by atoms with Gasteiger partial charge in [-0.2, -0.15) is 0 Å². The summed E-state index contributed by atoms with van der Waals surface area (Å²) in [5.74, 6) is 0. The van der Waals surface area contributed by atoms with E-state index in [-0.39, 0.29) is 16.1 Å². The Hall–Kier alpha value is -0.340. The number of aliphatic hydroxyl groups excluding tert-OH is 1. The van der Waals surface area contributed by atoms with E-state index < -0.39 is 21.7 Å². The first-order valence-electron chi connectivity index (χ1n) is 3.57. The second-order valence-electron chi connectivity index (χ2n) is 2.92. The Morgan fingerprint density at radius 1 is 1.07 bits per heavy atom. The van der Waals surface area contributed by atoms with Gasteiger partial charge in [-0.15, -0.1) is 0 Å². The molecule has 0 atom stereocenters. The predicted molar refractivity (Wildman–Crippen MR) is 51.5 cm³/mol. The molecule has 0 bridgehead atoms. The van der Waals surface area contributed by atoms with Gasteiger partial charge in [0.1, 0.15) is 4.90 Å². The fraction of sp³-hybridized carbons (Fsp3) is 0.143. The third-order valence-corrected chi connectivity index (χ3v) is 3.14. The van der Waals surface area contributed by atoms with E-state index in [4.69, 9.17) is 5.11 Å². The Kier molecular flexibility index (Phi) is 2.43. The highest BCUT2D eigenvalue weighted by Gasteiger charge is 2.65. The maximum atomic E-state index is 12.3. The summed E-state index contributed by atoms with van der Waals surface area (Å²) in [7, 11) is -9.66. The molecular weight excluding hydrogens is 307 g/mol. The molecule has 1 rings (SSSR count). The maximum Gasteiger partial charge on any atom is 0.310 e. The Balaban J connectivity index is 3.47.